The molecule has 0 saturated carbocycles. The highest BCUT2D eigenvalue weighted by Crippen LogP contribution is 2.22. The molecule has 1 aromatic rings. The summed E-state index contributed by atoms with van der Waals surface area (Å²) in [6, 6.07) is 0.125. The summed E-state index contributed by atoms with van der Waals surface area (Å²) >= 11 is 0. The van der Waals surface area contributed by atoms with Gasteiger partial charge in [0.15, 0.2) is 0 Å². The second-order valence-corrected chi connectivity index (χ2v) is 5.18. The molecule has 0 saturated heterocycles. The number of nitro groups is 1. The highest BCUT2D eigenvalue weighted by molar-refractivity contribution is 5.78. The van der Waals surface area contributed by atoms with Crippen molar-refractivity contribution in [2.24, 2.45) is 5.92 Å². The molecule has 0 spiro atoms. The van der Waals surface area contributed by atoms with Gasteiger partial charge in [0.2, 0.25) is 5.91 Å². The highest BCUT2D eigenvalue weighted by Gasteiger charge is 2.24. The van der Waals surface area contributed by atoms with Crippen LogP contribution in [0.1, 0.15) is 38.6 Å². The van der Waals surface area contributed by atoms with E-state index in [2.05, 4.69) is 10.4 Å². The van der Waals surface area contributed by atoms with Crippen molar-refractivity contribution in [3.8, 4) is 0 Å². The number of hydrogen-bond acceptors (Lipinski definition) is 4. The molecule has 0 radical (unpaired) electrons. The van der Waals surface area contributed by atoms with Crippen molar-refractivity contribution in [3.05, 3.63) is 21.5 Å². The minimum Gasteiger partial charge on any atom is -0.353 e. The maximum Gasteiger partial charge on any atom is 0.312 e. The molecule has 1 rings (SSSR count). The van der Waals surface area contributed by atoms with E-state index in [-0.39, 0.29) is 23.6 Å². The zero-order valence-corrected chi connectivity index (χ0v) is 12.6. The zero-order valence-electron chi connectivity index (χ0n) is 12.6. The summed E-state index contributed by atoms with van der Waals surface area (Å²) in [7, 11) is 0. The molecule has 7 nitrogen and oxygen atoms in total. The summed E-state index contributed by atoms with van der Waals surface area (Å²) in [6.07, 6.45) is 0.865. The fourth-order valence-corrected chi connectivity index (χ4v) is 1.96. The topological polar surface area (TPSA) is 90.1 Å². The maximum absolute atomic E-state index is 12.0. The first kappa shape index (κ1) is 16.1. The van der Waals surface area contributed by atoms with Gasteiger partial charge in [-0.3, -0.25) is 19.6 Å². The predicted molar refractivity (Wildman–Crippen MR) is 75.4 cm³/mol. The molecule has 7 heteroatoms. The van der Waals surface area contributed by atoms with Crippen molar-refractivity contribution in [1.82, 2.24) is 15.1 Å². The number of nitrogens with zero attached hydrogens (tertiary/aromatic N) is 3. The average Bonchev–Trinajstić information content (AvgIpc) is 2.63. The SMILES string of the molecule is CCC(C)NC(=O)C(C)Cn1nc(C)c([N+](=O)[O-])c1C. The van der Waals surface area contributed by atoms with Crippen molar-refractivity contribution in [1.29, 1.82) is 0 Å². The normalized spacial score (nSPS) is 13.8. The quantitative estimate of drug-likeness (QED) is 0.638. The molecule has 0 aliphatic rings. The number of rotatable bonds is 6. The summed E-state index contributed by atoms with van der Waals surface area (Å²) < 4.78 is 1.54. The van der Waals surface area contributed by atoms with Crippen LogP contribution >= 0.6 is 0 Å². The Balaban J connectivity index is 2.81. The van der Waals surface area contributed by atoms with E-state index >= 15 is 0 Å². The standard InChI is InChI=1S/C13H22N4O3/c1-6-9(3)14-13(18)8(2)7-16-11(5)12(17(19)20)10(4)15-16/h8-9H,6-7H2,1-5H3,(H,14,18). The van der Waals surface area contributed by atoms with E-state index in [0.717, 1.165) is 6.42 Å². The first-order valence-corrected chi connectivity index (χ1v) is 6.76. The van der Waals surface area contributed by atoms with E-state index < -0.39 is 4.92 Å². The number of hydrogen-bond donors (Lipinski definition) is 1. The molecule has 2 atom stereocenters. The minimum absolute atomic E-state index is 0.0273. The smallest absolute Gasteiger partial charge is 0.312 e. The van der Waals surface area contributed by atoms with Crippen LogP contribution < -0.4 is 5.32 Å². The Bertz CT molecular complexity index is 510. The van der Waals surface area contributed by atoms with Gasteiger partial charge in [-0.2, -0.15) is 5.10 Å². The van der Waals surface area contributed by atoms with Crippen molar-refractivity contribution in [3.63, 3.8) is 0 Å². The molecule has 0 aromatic carbocycles. The van der Waals surface area contributed by atoms with Crippen LogP contribution in [0.2, 0.25) is 0 Å². The average molecular weight is 282 g/mol. The number of carbonyl (C=O) groups is 1. The lowest BCUT2D eigenvalue weighted by atomic mass is 10.1. The Hall–Kier alpha value is -1.92. The van der Waals surface area contributed by atoms with Crippen molar-refractivity contribution in [2.45, 2.75) is 53.6 Å². The van der Waals surface area contributed by atoms with Crippen LogP contribution in [0.3, 0.4) is 0 Å². The van der Waals surface area contributed by atoms with E-state index in [1.165, 1.54) is 4.68 Å². The van der Waals surface area contributed by atoms with Gasteiger partial charge in [-0.15, -0.1) is 0 Å². The molecule has 112 valence electrons. The largest absolute Gasteiger partial charge is 0.353 e. The van der Waals surface area contributed by atoms with Crippen molar-refractivity contribution >= 4 is 11.6 Å². The second-order valence-electron chi connectivity index (χ2n) is 5.18. The van der Waals surface area contributed by atoms with E-state index in [1.807, 2.05) is 13.8 Å². The number of amides is 1. The molecule has 0 aliphatic carbocycles. The Morgan fingerprint density at radius 3 is 2.50 bits per heavy atom. The lowest BCUT2D eigenvalue weighted by Gasteiger charge is -2.16. The number of aryl methyl sites for hydroxylation is 1. The summed E-state index contributed by atoms with van der Waals surface area (Å²) in [5, 5.41) is 18.0. The highest BCUT2D eigenvalue weighted by atomic mass is 16.6. The number of nitrogens with one attached hydrogen (secondary N) is 1. The first-order valence-electron chi connectivity index (χ1n) is 6.76. The Morgan fingerprint density at radius 1 is 1.45 bits per heavy atom. The molecule has 1 heterocycles. The van der Waals surface area contributed by atoms with Gasteiger partial charge in [0.05, 0.1) is 17.4 Å². The summed E-state index contributed by atoms with van der Waals surface area (Å²) in [5.41, 5.74) is 0.886. The number of carbonyl (C=O) groups excluding carboxylic acids is 1. The van der Waals surface area contributed by atoms with Gasteiger partial charge < -0.3 is 5.32 Å². The molecule has 2 unspecified atom stereocenters. The molecular formula is C13H22N4O3. The molecule has 0 bridgehead atoms. The van der Waals surface area contributed by atoms with E-state index in [0.29, 0.717) is 17.9 Å². The Morgan fingerprint density at radius 2 is 2.05 bits per heavy atom. The van der Waals surface area contributed by atoms with Gasteiger partial charge in [-0.25, -0.2) is 0 Å². The fourth-order valence-electron chi connectivity index (χ4n) is 1.96. The first-order chi connectivity index (χ1) is 9.27. The van der Waals surface area contributed by atoms with E-state index in [1.54, 1.807) is 20.8 Å². The monoisotopic (exact) mass is 282 g/mol. The van der Waals surface area contributed by atoms with Crippen LogP contribution in [0, 0.1) is 29.9 Å². The molecule has 0 fully saturated rings. The van der Waals surface area contributed by atoms with Crippen LogP contribution in [0.15, 0.2) is 0 Å². The molecular weight excluding hydrogens is 260 g/mol. The Kier molecular flexibility index (Phi) is 5.24. The summed E-state index contributed by atoms with van der Waals surface area (Å²) in [5.74, 6) is -0.351. The molecule has 20 heavy (non-hydrogen) atoms. The van der Waals surface area contributed by atoms with Crippen LogP contribution in [0.4, 0.5) is 5.69 Å². The van der Waals surface area contributed by atoms with E-state index in [4.69, 9.17) is 0 Å². The summed E-state index contributed by atoms with van der Waals surface area (Å²) in [6.45, 7) is 9.32. The van der Waals surface area contributed by atoms with Crippen molar-refractivity contribution < 1.29 is 9.72 Å². The number of aromatic nitrogens is 2. The fraction of sp³-hybridized carbons (Fsp3) is 0.692. The molecule has 1 aromatic heterocycles. The lowest BCUT2D eigenvalue weighted by Crippen LogP contribution is -2.37. The molecule has 1 N–H and O–H groups in total. The van der Waals surface area contributed by atoms with E-state index in [9.17, 15) is 14.9 Å². The van der Waals surface area contributed by atoms with Gasteiger partial charge in [-0.1, -0.05) is 13.8 Å². The van der Waals surface area contributed by atoms with Gasteiger partial charge in [0.1, 0.15) is 11.4 Å². The third kappa shape index (κ3) is 3.55. The maximum atomic E-state index is 12.0. The zero-order chi connectivity index (χ0) is 15.4. The van der Waals surface area contributed by atoms with Crippen LogP contribution in [0.5, 0.6) is 0 Å². The van der Waals surface area contributed by atoms with Gasteiger partial charge >= 0.3 is 5.69 Å². The third-order valence-corrected chi connectivity index (χ3v) is 3.42. The van der Waals surface area contributed by atoms with Crippen molar-refractivity contribution in [2.75, 3.05) is 0 Å². The predicted octanol–water partition coefficient (Wildman–Crippen LogP) is 1.96. The molecule has 1 amide bonds. The molecule has 0 aliphatic heterocycles. The minimum atomic E-state index is -0.432. The van der Waals surface area contributed by atoms with Gasteiger partial charge in [0, 0.05) is 6.04 Å². The second kappa shape index (κ2) is 6.49. The van der Waals surface area contributed by atoms with Gasteiger partial charge in [0.25, 0.3) is 0 Å². The van der Waals surface area contributed by atoms with Crippen LogP contribution in [-0.2, 0) is 11.3 Å². The van der Waals surface area contributed by atoms with Gasteiger partial charge in [-0.05, 0) is 27.2 Å². The third-order valence-electron chi connectivity index (χ3n) is 3.42. The van der Waals surface area contributed by atoms with Crippen LogP contribution in [0.25, 0.3) is 0 Å². The Labute approximate surface area is 118 Å². The lowest BCUT2D eigenvalue weighted by molar-refractivity contribution is -0.386. The summed E-state index contributed by atoms with van der Waals surface area (Å²) in [4.78, 5) is 22.5. The van der Waals surface area contributed by atoms with Crippen LogP contribution in [-0.4, -0.2) is 26.7 Å².